The second-order valence-corrected chi connectivity index (χ2v) is 5.75. The van der Waals surface area contributed by atoms with Crippen molar-refractivity contribution >= 4 is 16.1 Å². The van der Waals surface area contributed by atoms with Gasteiger partial charge in [0.1, 0.15) is 0 Å². The number of carbonyl (C=O) groups excluding carboxylic acids is 1. The quantitative estimate of drug-likeness (QED) is 0.823. The van der Waals surface area contributed by atoms with Gasteiger partial charge in [0.15, 0.2) is 0 Å². The van der Waals surface area contributed by atoms with Crippen molar-refractivity contribution in [2.45, 2.75) is 17.9 Å². The molecular weight excluding hydrogens is 254 g/mol. The first kappa shape index (κ1) is 12.8. The average Bonchev–Trinajstić information content (AvgIpc) is 2.23. The monoisotopic (exact) mass is 269 g/mol. The van der Waals surface area contributed by atoms with Gasteiger partial charge < -0.3 is 10.2 Å². The van der Waals surface area contributed by atoms with Crippen LogP contribution in [-0.4, -0.2) is 32.4 Å². The fourth-order valence-corrected chi connectivity index (χ4v) is 2.12. The number of primary sulfonamides is 1. The number of hydrogen-bond donors (Lipinski definition) is 2. The Morgan fingerprint density at radius 1 is 1.28 bits per heavy atom. The van der Waals surface area contributed by atoms with Gasteiger partial charge in [-0.3, -0.25) is 0 Å². The maximum absolute atomic E-state index is 11.5. The third-order valence-corrected chi connectivity index (χ3v) is 3.77. The Morgan fingerprint density at radius 3 is 2.33 bits per heavy atom. The minimum Gasteiger partial charge on any atom is -0.334 e. The van der Waals surface area contributed by atoms with Crippen LogP contribution in [0.15, 0.2) is 29.2 Å². The Hall–Kier alpha value is -1.60. The van der Waals surface area contributed by atoms with E-state index in [0.717, 1.165) is 25.1 Å². The van der Waals surface area contributed by atoms with Gasteiger partial charge in [0.05, 0.1) is 4.90 Å². The van der Waals surface area contributed by atoms with E-state index in [2.05, 4.69) is 5.32 Å². The molecule has 0 saturated carbocycles. The first-order valence-corrected chi connectivity index (χ1v) is 7.16. The van der Waals surface area contributed by atoms with Gasteiger partial charge in [-0.2, -0.15) is 0 Å². The molecule has 0 bridgehead atoms. The van der Waals surface area contributed by atoms with Crippen LogP contribution < -0.4 is 10.5 Å². The summed E-state index contributed by atoms with van der Waals surface area (Å²) in [6, 6.07) is 6.05. The molecule has 1 fully saturated rings. The lowest BCUT2D eigenvalue weighted by atomic mass is 10.2. The second kappa shape index (κ2) is 4.95. The number of amides is 2. The number of hydrogen-bond acceptors (Lipinski definition) is 3. The van der Waals surface area contributed by atoms with Gasteiger partial charge in [-0.1, -0.05) is 12.1 Å². The number of sulfonamides is 1. The van der Waals surface area contributed by atoms with Crippen LogP contribution in [-0.2, 0) is 16.6 Å². The summed E-state index contributed by atoms with van der Waals surface area (Å²) >= 11 is 0. The number of carbonyl (C=O) groups is 1. The van der Waals surface area contributed by atoms with Gasteiger partial charge in [0.25, 0.3) is 0 Å². The first-order chi connectivity index (χ1) is 8.47. The van der Waals surface area contributed by atoms with Crippen molar-refractivity contribution in [3.63, 3.8) is 0 Å². The lowest BCUT2D eigenvalue weighted by molar-refractivity contribution is 0.167. The molecule has 98 valence electrons. The molecule has 2 amide bonds. The highest BCUT2D eigenvalue weighted by Gasteiger charge is 2.19. The minimum atomic E-state index is -3.65. The van der Waals surface area contributed by atoms with E-state index in [9.17, 15) is 13.2 Å². The van der Waals surface area contributed by atoms with E-state index in [0.29, 0.717) is 6.54 Å². The number of rotatable bonds is 3. The van der Waals surface area contributed by atoms with Crippen molar-refractivity contribution in [2.24, 2.45) is 5.14 Å². The topological polar surface area (TPSA) is 92.5 Å². The van der Waals surface area contributed by atoms with E-state index in [1.54, 1.807) is 17.0 Å². The van der Waals surface area contributed by atoms with Crippen molar-refractivity contribution in [1.29, 1.82) is 0 Å². The fourth-order valence-electron chi connectivity index (χ4n) is 1.61. The molecule has 0 radical (unpaired) electrons. The van der Waals surface area contributed by atoms with Gasteiger partial charge >= 0.3 is 6.03 Å². The predicted octanol–water partition coefficient (Wildman–Crippen LogP) is 0.249. The molecular formula is C11H15N3O3S. The van der Waals surface area contributed by atoms with Gasteiger partial charge in [-0.25, -0.2) is 18.4 Å². The highest BCUT2D eigenvalue weighted by molar-refractivity contribution is 7.89. The molecule has 6 nitrogen and oxygen atoms in total. The highest BCUT2D eigenvalue weighted by Crippen LogP contribution is 2.09. The first-order valence-electron chi connectivity index (χ1n) is 5.61. The number of likely N-dealkylation sites (tertiary alicyclic amines) is 1. The zero-order valence-electron chi connectivity index (χ0n) is 9.80. The molecule has 3 N–H and O–H groups in total. The van der Waals surface area contributed by atoms with Crippen molar-refractivity contribution in [1.82, 2.24) is 10.2 Å². The molecule has 1 aliphatic heterocycles. The summed E-state index contributed by atoms with van der Waals surface area (Å²) in [4.78, 5) is 13.3. The van der Waals surface area contributed by atoms with Gasteiger partial charge in [-0.15, -0.1) is 0 Å². The Labute approximate surface area is 106 Å². The number of nitrogens with zero attached hydrogens (tertiary/aromatic N) is 1. The molecule has 2 rings (SSSR count). The largest absolute Gasteiger partial charge is 0.334 e. The molecule has 0 aliphatic carbocycles. The van der Waals surface area contributed by atoms with E-state index in [1.165, 1.54) is 12.1 Å². The van der Waals surface area contributed by atoms with Gasteiger partial charge in [0.2, 0.25) is 10.0 Å². The third kappa shape index (κ3) is 2.99. The summed E-state index contributed by atoms with van der Waals surface area (Å²) < 4.78 is 22.1. The SMILES string of the molecule is NS(=O)(=O)c1ccc(CNC(=O)N2CCC2)cc1. The van der Waals surface area contributed by atoms with Crippen molar-refractivity contribution in [2.75, 3.05) is 13.1 Å². The smallest absolute Gasteiger partial charge is 0.317 e. The molecule has 1 aliphatic rings. The predicted molar refractivity (Wildman–Crippen MR) is 66.2 cm³/mol. The zero-order valence-corrected chi connectivity index (χ0v) is 10.6. The van der Waals surface area contributed by atoms with Crippen LogP contribution in [0.25, 0.3) is 0 Å². The molecule has 7 heteroatoms. The Balaban J connectivity index is 1.92. The van der Waals surface area contributed by atoms with Crippen molar-refractivity contribution in [3.05, 3.63) is 29.8 Å². The summed E-state index contributed by atoms with van der Waals surface area (Å²) in [5.74, 6) is 0. The molecule has 1 heterocycles. The lowest BCUT2D eigenvalue weighted by Crippen LogP contribution is -2.47. The van der Waals surface area contributed by atoms with Gasteiger partial charge in [-0.05, 0) is 24.1 Å². The third-order valence-electron chi connectivity index (χ3n) is 2.84. The summed E-state index contributed by atoms with van der Waals surface area (Å²) in [6.45, 7) is 1.98. The van der Waals surface area contributed by atoms with E-state index in [1.807, 2.05) is 0 Å². The van der Waals surface area contributed by atoms with Crippen LogP contribution in [0, 0.1) is 0 Å². The summed E-state index contributed by atoms with van der Waals surface area (Å²) in [5, 5.41) is 7.76. The minimum absolute atomic E-state index is 0.0697. The molecule has 1 aromatic rings. The molecule has 18 heavy (non-hydrogen) atoms. The maximum Gasteiger partial charge on any atom is 0.317 e. The molecule has 1 aromatic carbocycles. The van der Waals surface area contributed by atoms with E-state index in [4.69, 9.17) is 5.14 Å². The van der Waals surface area contributed by atoms with Crippen LogP contribution in [0.1, 0.15) is 12.0 Å². The van der Waals surface area contributed by atoms with Crippen LogP contribution >= 0.6 is 0 Å². The second-order valence-electron chi connectivity index (χ2n) is 4.19. The molecule has 0 spiro atoms. The van der Waals surface area contributed by atoms with E-state index < -0.39 is 10.0 Å². The highest BCUT2D eigenvalue weighted by atomic mass is 32.2. The van der Waals surface area contributed by atoms with Crippen LogP contribution in [0.3, 0.4) is 0 Å². The number of benzene rings is 1. The number of nitrogens with two attached hydrogens (primary N) is 1. The molecule has 0 unspecified atom stereocenters. The maximum atomic E-state index is 11.5. The number of urea groups is 1. The van der Waals surface area contributed by atoms with Crippen molar-refractivity contribution < 1.29 is 13.2 Å². The lowest BCUT2D eigenvalue weighted by Gasteiger charge is -2.30. The van der Waals surface area contributed by atoms with Crippen LogP contribution in [0.2, 0.25) is 0 Å². The van der Waals surface area contributed by atoms with Crippen LogP contribution in [0.4, 0.5) is 4.79 Å². The molecule has 0 atom stereocenters. The Morgan fingerprint density at radius 2 is 1.89 bits per heavy atom. The molecule has 0 aromatic heterocycles. The molecule has 1 saturated heterocycles. The zero-order chi connectivity index (χ0) is 13.2. The van der Waals surface area contributed by atoms with Gasteiger partial charge in [0, 0.05) is 19.6 Å². The normalized spacial score (nSPS) is 15.1. The van der Waals surface area contributed by atoms with Crippen molar-refractivity contribution in [3.8, 4) is 0 Å². The summed E-state index contributed by atoms with van der Waals surface area (Å²) in [5.41, 5.74) is 0.830. The Bertz CT molecular complexity index is 535. The average molecular weight is 269 g/mol. The van der Waals surface area contributed by atoms with E-state index >= 15 is 0 Å². The van der Waals surface area contributed by atoms with Crippen LogP contribution in [0.5, 0.6) is 0 Å². The fraction of sp³-hybridized carbons (Fsp3) is 0.364. The number of nitrogens with one attached hydrogen (secondary N) is 1. The Kier molecular flexibility index (Phi) is 3.53. The summed E-state index contributed by atoms with van der Waals surface area (Å²) in [6.07, 6.45) is 1.05. The summed E-state index contributed by atoms with van der Waals surface area (Å²) in [7, 11) is -3.65. The standard InChI is InChI=1S/C11H15N3O3S/c12-18(16,17)10-4-2-9(3-5-10)8-13-11(15)14-6-1-7-14/h2-5H,1,6-8H2,(H,13,15)(H2,12,16,17). The van der Waals surface area contributed by atoms with E-state index in [-0.39, 0.29) is 10.9 Å².